The first-order valence-electron chi connectivity index (χ1n) is 6.26. The maximum Gasteiger partial charge on any atom is 0.272 e. The van der Waals surface area contributed by atoms with Crippen LogP contribution in [0.2, 0.25) is 0 Å². The SMILES string of the molecule is O=[N+]([O-])c1ccccc1CCN1CCC(CO)C1. The Morgan fingerprint density at radius 3 is 2.89 bits per heavy atom. The third kappa shape index (κ3) is 3.05. The second-order valence-corrected chi connectivity index (χ2v) is 4.77. The number of nitro groups is 1. The average molecular weight is 250 g/mol. The van der Waals surface area contributed by atoms with Crippen LogP contribution >= 0.6 is 0 Å². The van der Waals surface area contributed by atoms with Gasteiger partial charge in [0.05, 0.1) is 4.92 Å². The minimum Gasteiger partial charge on any atom is -0.396 e. The van der Waals surface area contributed by atoms with Crippen LogP contribution in [0.1, 0.15) is 12.0 Å². The van der Waals surface area contributed by atoms with E-state index in [-0.39, 0.29) is 17.2 Å². The maximum absolute atomic E-state index is 10.9. The number of hydrogen-bond donors (Lipinski definition) is 1. The van der Waals surface area contributed by atoms with E-state index in [1.807, 2.05) is 12.1 Å². The molecule has 1 aliphatic rings. The molecule has 1 aromatic rings. The van der Waals surface area contributed by atoms with E-state index in [1.54, 1.807) is 12.1 Å². The highest BCUT2D eigenvalue weighted by Crippen LogP contribution is 2.20. The van der Waals surface area contributed by atoms with Crippen LogP contribution < -0.4 is 0 Å². The van der Waals surface area contributed by atoms with Gasteiger partial charge >= 0.3 is 0 Å². The summed E-state index contributed by atoms with van der Waals surface area (Å²) in [6.45, 7) is 2.94. The zero-order chi connectivity index (χ0) is 13.0. The van der Waals surface area contributed by atoms with Gasteiger partial charge in [0.2, 0.25) is 0 Å². The third-order valence-corrected chi connectivity index (χ3v) is 3.51. The summed E-state index contributed by atoms with van der Waals surface area (Å²) in [5, 5.41) is 19.9. The van der Waals surface area contributed by atoms with Crippen molar-refractivity contribution in [2.24, 2.45) is 5.92 Å². The number of nitro benzene ring substituents is 1. The topological polar surface area (TPSA) is 66.6 Å². The van der Waals surface area contributed by atoms with Crippen LogP contribution in [-0.4, -0.2) is 41.2 Å². The molecule has 18 heavy (non-hydrogen) atoms. The monoisotopic (exact) mass is 250 g/mol. The van der Waals surface area contributed by atoms with Crippen molar-refractivity contribution in [1.82, 2.24) is 4.90 Å². The summed E-state index contributed by atoms with van der Waals surface area (Å²) in [6, 6.07) is 6.90. The van der Waals surface area contributed by atoms with E-state index < -0.39 is 0 Å². The van der Waals surface area contributed by atoms with Crippen molar-refractivity contribution in [2.45, 2.75) is 12.8 Å². The summed E-state index contributed by atoms with van der Waals surface area (Å²) in [5.74, 6) is 0.371. The van der Waals surface area contributed by atoms with Crippen LogP contribution in [0.3, 0.4) is 0 Å². The smallest absolute Gasteiger partial charge is 0.272 e. The Bertz CT molecular complexity index is 422. The van der Waals surface area contributed by atoms with Gasteiger partial charge in [0, 0.05) is 31.3 Å². The number of likely N-dealkylation sites (tertiary alicyclic amines) is 1. The minimum atomic E-state index is -0.324. The molecule has 0 aromatic heterocycles. The molecular weight excluding hydrogens is 232 g/mol. The fraction of sp³-hybridized carbons (Fsp3) is 0.538. The first kappa shape index (κ1) is 13.0. The number of rotatable bonds is 5. The summed E-state index contributed by atoms with van der Waals surface area (Å²) in [4.78, 5) is 12.8. The van der Waals surface area contributed by atoms with Crippen LogP contribution in [0.5, 0.6) is 0 Å². The zero-order valence-corrected chi connectivity index (χ0v) is 10.3. The number of aliphatic hydroxyl groups is 1. The molecule has 0 saturated carbocycles. The standard InChI is InChI=1S/C13H18N2O3/c16-10-11-5-7-14(9-11)8-6-12-3-1-2-4-13(12)15(17)18/h1-4,11,16H,5-10H2. The largest absolute Gasteiger partial charge is 0.396 e. The van der Waals surface area contributed by atoms with Gasteiger partial charge in [-0.25, -0.2) is 0 Å². The molecule has 0 radical (unpaired) electrons. The Morgan fingerprint density at radius 2 is 2.22 bits per heavy atom. The molecule has 1 fully saturated rings. The lowest BCUT2D eigenvalue weighted by Gasteiger charge is -2.15. The number of para-hydroxylation sites is 1. The lowest BCUT2D eigenvalue weighted by molar-refractivity contribution is -0.385. The highest BCUT2D eigenvalue weighted by Gasteiger charge is 2.22. The van der Waals surface area contributed by atoms with Crippen molar-refractivity contribution in [3.63, 3.8) is 0 Å². The Hall–Kier alpha value is -1.46. The van der Waals surface area contributed by atoms with Gasteiger partial charge in [0.15, 0.2) is 0 Å². The molecular formula is C13H18N2O3. The first-order chi connectivity index (χ1) is 8.70. The van der Waals surface area contributed by atoms with Crippen molar-refractivity contribution in [2.75, 3.05) is 26.2 Å². The van der Waals surface area contributed by atoms with Gasteiger partial charge < -0.3 is 10.0 Å². The molecule has 0 bridgehead atoms. The van der Waals surface area contributed by atoms with E-state index in [0.717, 1.165) is 31.6 Å². The van der Waals surface area contributed by atoms with Crippen LogP contribution in [0.15, 0.2) is 24.3 Å². The molecule has 2 rings (SSSR count). The molecule has 98 valence electrons. The molecule has 5 heteroatoms. The van der Waals surface area contributed by atoms with E-state index in [1.165, 1.54) is 0 Å². The zero-order valence-electron chi connectivity index (χ0n) is 10.3. The Morgan fingerprint density at radius 1 is 1.44 bits per heavy atom. The Labute approximate surface area is 106 Å². The van der Waals surface area contributed by atoms with E-state index >= 15 is 0 Å². The summed E-state index contributed by atoms with van der Waals surface area (Å²) >= 11 is 0. The van der Waals surface area contributed by atoms with Crippen LogP contribution in [-0.2, 0) is 6.42 Å². The lowest BCUT2D eigenvalue weighted by Crippen LogP contribution is -2.24. The number of aliphatic hydroxyl groups excluding tert-OH is 1. The highest BCUT2D eigenvalue weighted by atomic mass is 16.6. The Kier molecular flexibility index (Phi) is 4.28. The van der Waals surface area contributed by atoms with Crippen molar-refractivity contribution in [3.8, 4) is 0 Å². The van der Waals surface area contributed by atoms with Crippen LogP contribution in [0.25, 0.3) is 0 Å². The van der Waals surface area contributed by atoms with Crippen molar-refractivity contribution < 1.29 is 10.0 Å². The predicted octanol–water partition coefficient (Wildman–Crippen LogP) is 1.45. The fourth-order valence-electron chi connectivity index (χ4n) is 2.44. The number of benzene rings is 1. The molecule has 1 atom stereocenters. The molecule has 0 spiro atoms. The second-order valence-electron chi connectivity index (χ2n) is 4.77. The maximum atomic E-state index is 10.9. The molecule has 0 amide bonds. The van der Waals surface area contributed by atoms with Crippen LogP contribution in [0.4, 0.5) is 5.69 Å². The number of hydrogen-bond acceptors (Lipinski definition) is 4. The average Bonchev–Trinajstić information content (AvgIpc) is 2.84. The Balaban J connectivity index is 1.92. The number of nitrogens with zero attached hydrogens (tertiary/aromatic N) is 2. The van der Waals surface area contributed by atoms with Gasteiger partial charge in [0.25, 0.3) is 5.69 Å². The van der Waals surface area contributed by atoms with E-state index in [0.29, 0.717) is 12.3 Å². The van der Waals surface area contributed by atoms with Gasteiger partial charge in [-0.3, -0.25) is 10.1 Å². The van der Waals surface area contributed by atoms with Gasteiger partial charge in [0.1, 0.15) is 0 Å². The van der Waals surface area contributed by atoms with E-state index in [9.17, 15) is 10.1 Å². The fourth-order valence-corrected chi connectivity index (χ4v) is 2.44. The van der Waals surface area contributed by atoms with Gasteiger partial charge in [-0.1, -0.05) is 18.2 Å². The molecule has 1 heterocycles. The summed E-state index contributed by atoms with van der Waals surface area (Å²) in [5.41, 5.74) is 0.991. The molecule has 1 N–H and O–H groups in total. The predicted molar refractivity (Wildman–Crippen MR) is 68.4 cm³/mol. The second kappa shape index (κ2) is 5.93. The minimum absolute atomic E-state index is 0.204. The summed E-state index contributed by atoms with van der Waals surface area (Å²) in [7, 11) is 0. The molecule has 1 unspecified atom stereocenters. The quantitative estimate of drug-likeness (QED) is 0.634. The van der Waals surface area contributed by atoms with E-state index in [4.69, 9.17) is 5.11 Å². The molecule has 1 aromatic carbocycles. The normalized spacial score (nSPS) is 20.2. The van der Waals surface area contributed by atoms with Gasteiger partial charge in [-0.2, -0.15) is 0 Å². The van der Waals surface area contributed by atoms with Crippen LogP contribution in [0, 0.1) is 16.0 Å². The highest BCUT2D eigenvalue weighted by molar-refractivity contribution is 5.39. The van der Waals surface area contributed by atoms with Crippen molar-refractivity contribution >= 4 is 5.69 Å². The first-order valence-corrected chi connectivity index (χ1v) is 6.26. The van der Waals surface area contributed by atoms with Crippen molar-refractivity contribution in [1.29, 1.82) is 0 Å². The molecule has 0 aliphatic carbocycles. The van der Waals surface area contributed by atoms with Gasteiger partial charge in [-0.05, 0) is 25.3 Å². The molecule has 1 aliphatic heterocycles. The lowest BCUT2D eigenvalue weighted by atomic mass is 10.1. The van der Waals surface area contributed by atoms with Crippen molar-refractivity contribution in [3.05, 3.63) is 39.9 Å². The molecule has 1 saturated heterocycles. The summed E-state index contributed by atoms with van der Waals surface area (Å²) in [6.07, 6.45) is 1.71. The van der Waals surface area contributed by atoms with Gasteiger partial charge in [-0.15, -0.1) is 0 Å². The summed E-state index contributed by atoms with van der Waals surface area (Å²) < 4.78 is 0. The third-order valence-electron chi connectivity index (χ3n) is 3.51. The molecule has 5 nitrogen and oxygen atoms in total. The van der Waals surface area contributed by atoms with E-state index in [2.05, 4.69) is 4.90 Å².